The molecule has 1 N–H and O–H groups in total. The molecule has 0 amide bonds. The molecule has 144 valence electrons. The Kier molecular flexibility index (Phi) is 4.50. The number of benzene rings is 1. The van der Waals surface area contributed by atoms with Gasteiger partial charge in [0.2, 0.25) is 10.0 Å². The van der Waals surface area contributed by atoms with Gasteiger partial charge in [0, 0.05) is 49.6 Å². The lowest BCUT2D eigenvalue weighted by Gasteiger charge is -2.29. The Morgan fingerprint density at radius 3 is 3.00 bits per heavy atom. The summed E-state index contributed by atoms with van der Waals surface area (Å²) in [6.07, 6.45) is 3.35. The first-order valence-corrected chi connectivity index (χ1v) is 10.9. The van der Waals surface area contributed by atoms with Gasteiger partial charge in [-0.1, -0.05) is 6.07 Å². The zero-order valence-corrected chi connectivity index (χ0v) is 15.9. The Morgan fingerprint density at radius 1 is 1.46 bits per heavy atom. The van der Waals surface area contributed by atoms with Crippen molar-refractivity contribution in [2.24, 2.45) is 11.8 Å². The van der Waals surface area contributed by atoms with Crippen molar-refractivity contribution < 1.29 is 22.3 Å². The van der Waals surface area contributed by atoms with Crippen molar-refractivity contribution in [2.75, 3.05) is 33.0 Å². The summed E-state index contributed by atoms with van der Waals surface area (Å²) in [6, 6.07) is 4.63. The Hall–Kier alpha value is -1.22. The molecular formula is C18H25FN2O4S. The molecule has 0 saturated carbocycles. The van der Waals surface area contributed by atoms with Gasteiger partial charge < -0.3 is 9.47 Å². The summed E-state index contributed by atoms with van der Waals surface area (Å²) in [5, 5.41) is 0. The van der Waals surface area contributed by atoms with E-state index >= 15 is 0 Å². The van der Waals surface area contributed by atoms with Crippen LogP contribution in [0.3, 0.4) is 0 Å². The maximum absolute atomic E-state index is 13.4. The largest absolute Gasteiger partial charge is 0.496 e. The lowest BCUT2D eigenvalue weighted by atomic mass is 9.74. The van der Waals surface area contributed by atoms with Crippen LogP contribution in [0.15, 0.2) is 18.2 Å². The normalized spacial score (nSPS) is 33.6. The molecule has 0 unspecified atom stereocenters. The van der Waals surface area contributed by atoms with Crippen LogP contribution in [0.25, 0.3) is 0 Å². The Bertz CT molecular complexity index is 802. The van der Waals surface area contributed by atoms with Crippen LogP contribution in [0.1, 0.15) is 18.4 Å². The summed E-state index contributed by atoms with van der Waals surface area (Å²) in [4.78, 5) is 2.31. The van der Waals surface area contributed by atoms with Crippen molar-refractivity contribution in [3.63, 3.8) is 0 Å². The second kappa shape index (κ2) is 6.44. The van der Waals surface area contributed by atoms with E-state index in [9.17, 15) is 12.8 Å². The molecule has 3 aliphatic rings. The Balaban J connectivity index is 1.48. The third kappa shape index (κ3) is 3.24. The number of hydrogen-bond acceptors (Lipinski definition) is 5. The van der Waals surface area contributed by atoms with Crippen LogP contribution >= 0.6 is 0 Å². The van der Waals surface area contributed by atoms with Gasteiger partial charge in [0.15, 0.2) is 0 Å². The molecule has 3 heterocycles. The quantitative estimate of drug-likeness (QED) is 0.802. The molecule has 2 bridgehead atoms. The first kappa shape index (κ1) is 18.2. The van der Waals surface area contributed by atoms with E-state index in [0.717, 1.165) is 31.5 Å². The van der Waals surface area contributed by atoms with Crippen molar-refractivity contribution in [1.29, 1.82) is 0 Å². The number of halogens is 1. The minimum Gasteiger partial charge on any atom is -0.496 e. The average molecular weight is 384 g/mol. The third-order valence-corrected chi connectivity index (χ3v) is 6.77. The Labute approximate surface area is 153 Å². The second-order valence-electron chi connectivity index (χ2n) is 7.78. The van der Waals surface area contributed by atoms with E-state index in [-0.39, 0.29) is 23.4 Å². The van der Waals surface area contributed by atoms with E-state index in [1.54, 1.807) is 13.2 Å². The van der Waals surface area contributed by atoms with Crippen LogP contribution in [-0.2, 0) is 21.3 Å². The van der Waals surface area contributed by atoms with Gasteiger partial charge in [-0.3, -0.25) is 4.90 Å². The Morgan fingerprint density at radius 2 is 2.27 bits per heavy atom. The lowest BCUT2D eigenvalue weighted by molar-refractivity contribution is 0.00214. The van der Waals surface area contributed by atoms with E-state index in [1.165, 1.54) is 18.4 Å². The van der Waals surface area contributed by atoms with Crippen molar-refractivity contribution >= 4 is 10.0 Å². The number of fused-ring (bicyclic) bond motifs is 1. The maximum Gasteiger partial charge on any atom is 0.208 e. The molecule has 0 aliphatic carbocycles. The SMILES string of the molecule is COc1cc(F)ccc1CN1C[C@@H]2[C@H](CNS(C)(=O)=O)[C@H]3CC[C@]2(C1)O3. The van der Waals surface area contributed by atoms with E-state index in [2.05, 4.69) is 9.62 Å². The van der Waals surface area contributed by atoms with Crippen molar-refractivity contribution in [3.8, 4) is 5.75 Å². The smallest absolute Gasteiger partial charge is 0.208 e. The number of methoxy groups -OCH3 is 1. The highest BCUT2D eigenvalue weighted by atomic mass is 32.2. The first-order chi connectivity index (χ1) is 12.3. The molecule has 3 fully saturated rings. The van der Waals surface area contributed by atoms with Gasteiger partial charge in [-0.15, -0.1) is 0 Å². The number of nitrogens with zero attached hydrogens (tertiary/aromatic N) is 1. The van der Waals surface area contributed by atoms with Gasteiger partial charge in [0.1, 0.15) is 11.6 Å². The van der Waals surface area contributed by atoms with E-state index in [4.69, 9.17) is 9.47 Å². The summed E-state index contributed by atoms with van der Waals surface area (Å²) in [7, 11) is -1.66. The van der Waals surface area contributed by atoms with Gasteiger partial charge in [-0.25, -0.2) is 17.5 Å². The van der Waals surface area contributed by atoms with Crippen LogP contribution in [0.4, 0.5) is 4.39 Å². The maximum atomic E-state index is 13.4. The molecule has 1 aromatic rings. The highest BCUT2D eigenvalue weighted by Gasteiger charge is 2.62. The number of sulfonamides is 1. The van der Waals surface area contributed by atoms with Crippen molar-refractivity contribution in [1.82, 2.24) is 9.62 Å². The summed E-state index contributed by atoms with van der Waals surface area (Å²) in [5.41, 5.74) is 0.785. The van der Waals surface area contributed by atoms with Crippen LogP contribution in [0.2, 0.25) is 0 Å². The number of nitrogens with one attached hydrogen (secondary N) is 1. The fraction of sp³-hybridized carbons (Fsp3) is 0.667. The first-order valence-electron chi connectivity index (χ1n) is 8.97. The third-order valence-electron chi connectivity index (χ3n) is 6.08. The molecule has 0 aromatic heterocycles. The molecule has 3 aliphatic heterocycles. The summed E-state index contributed by atoms with van der Waals surface area (Å²) in [5.74, 6) is 0.775. The highest BCUT2D eigenvalue weighted by molar-refractivity contribution is 7.88. The molecule has 8 heteroatoms. The molecule has 1 spiro atoms. The van der Waals surface area contributed by atoms with E-state index in [1.807, 2.05) is 0 Å². The van der Waals surface area contributed by atoms with Gasteiger partial charge in [0.05, 0.1) is 25.1 Å². The highest BCUT2D eigenvalue weighted by Crippen LogP contribution is 2.54. The molecule has 4 rings (SSSR count). The van der Waals surface area contributed by atoms with Crippen LogP contribution in [-0.4, -0.2) is 58.0 Å². The van der Waals surface area contributed by atoms with Gasteiger partial charge in [0.25, 0.3) is 0 Å². The standard InChI is InChI=1S/C18H25FN2O4S/c1-24-17-7-13(19)4-3-12(17)9-21-10-15-14(8-20-26(2,22)23)16-5-6-18(15,11-21)25-16/h3-4,7,14-16,20H,5-6,8-11H2,1-2H3/t14-,15+,16+,18+/m0/s1. The number of rotatable bonds is 6. The lowest BCUT2D eigenvalue weighted by Crippen LogP contribution is -2.41. The fourth-order valence-electron chi connectivity index (χ4n) is 5.02. The van der Waals surface area contributed by atoms with Crippen LogP contribution in [0.5, 0.6) is 5.75 Å². The van der Waals surface area contributed by atoms with Crippen molar-refractivity contribution in [3.05, 3.63) is 29.6 Å². The minimum atomic E-state index is -3.21. The molecule has 3 saturated heterocycles. The van der Waals surface area contributed by atoms with Gasteiger partial charge in [-0.05, 0) is 18.9 Å². The van der Waals surface area contributed by atoms with Gasteiger partial charge >= 0.3 is 0 Å². The molecule has 6 nitrogen and oxygen atoms in total. The molecular weight excluding hydrogens is 359 g/mol. The molecule has 26 heavy (non-hydrogen) atoms. The monoisotopic (exact) mass is 384 g/mol. The molecule has 0 radical (unpaired) electrons. The van der Waals surface area contributed by atoms with E-state index < -0.39 is 10.0 Å². The number of ether oxygens (including phenoxy) is 2. The second-order valence-corrected chi connectivity index (χ2v) is 9.61. The molecule has 1 aromatic carbocycles. The number of likely N-dealkylation sites (tertiary alicyclic amines) is 1. The summed E-state index contributed by atoms with van der Waals surface area (Å²) in [6.45, 7) is 2.78. The van der Waals surface area contributed by atoms with Crippen LogP contribution in [0, 0.1) is 17.7 Å². The minimum absolute atomic E-state index is 0.150. The van der Waals surface area contributed by atoms with Crippen molar-refractivity contribution in [2.45, 2.75) is 31.1 Å². The molecule has 4 atom stereocenters. The summed E-state index contributed by atoms with van der Waals surface area (Å²) < 4.78 is 50.7. The average Bonchev–Trinajstić information content (AvgIpc) is 3.21. The topological polar surface area (TPSA) is 67.9 Å². The number of hydrogen-bond donors (Lipinski definition) is 1. The summed E-state index contributed by atoms with van der Waals surface area (Å²) >= 11 is 0. The predicted molar refractivity (Wildman–Crippen MR) is 94.9 cm³/mol. The van der Waals surface area contributed by atoms with Crippen LogP contribution < -0.4 is 9.46 Å². The zero-order valence-electron chi connectivity index (χ0n) is 15.1. The fourth-order valence-corrected chi connectivity index (χ4v) is 5.51. The predicted octanol–water partition coefficient (Wildman–Crippen LogP) is 1.36. The van der Waals surface area contributed by atoms with Gasteiger partial charge in [-0.2, -0.15) is 0 Å². The van der Waals surface area contributed by atoms with E-state index in [0.29, 0.717) is 24.8 Å². The zero-order chi connectivity index (χ0) is 18.5.